The lowest BCUT2D eigenvalue weighted by Gasteiger charge is -2.16. The number of benzene rings is 1. The number of fused-ring (bicyclic) bond motifs is 1. The highest BCUT2D eigenvalue weighted by Gasteiger charge is 2.15. The van der Waals surface area contributed by atoms with Crippen LogP contribution in [-0.4, -0.2) is 29.8 Å². The Morgan fingerprint density at radius 3 is 2.75 bits per heavy atom. The third-order valence-electron chi connectivity index (χ3n) is 4.54. The first-order valence-electron chi connectivity index (χ1n) is 8.46. The number of aromatic amines is 1. The molecule has 1 atom stereocenters. The monoisotopic (exact) mass is 397 g/mol. The van der Waals surface area contributed by atoms with Crippen molar-refractivity contribution in [2.75, 3.05) is 5.32 Å². The highest BCUT2D eigenvalue weighted by molar-refractivity contribution is 6.31. The number of aromatic nitrogens is 6. The highest BCUT2D eigenvalue weighted by atomic mass is 35.5. The van der Waals surface area contributed by atoms with E-state index in [1.165, 1.54) is 15.6 Å². The summed E-state index contributed by atoms with van der Waals surface area (Å²) < 4.78 is 2.82. The molecule has 0 aliphatic heterocycles. The average molecular weight is 398 g/mol. The Balaban J connectivity index is 1.69. The highest BCUT2D eigenvalue weighted by Crippen LogP contribution is 2.21. The molecule has 4 rings (SSSR count). The summed E-state index contributed by atoms with van der Waals surface area (Å²) in [6.45, 7) is 1.82. The minimum absolute atomic E-state index is 0.225. The van der Waals surface area contributed by atoms with Crippen LogP contribution in [0.2, 0.25) is 5.02 Å². The number of H-pyrrole nitrogens is 1. The first-order valence-corrected chi connectivity index (χ1v) is 8.84. The number of anilines is 1. The van der Waals surface area contributed by atoms with E-state index >= 15 is 0 Å². The van der Waals surface area contributed by atoms with Gasteiger partial charge in [-0.25, -0.2) is 0 Å². The number of halogens is 1. The zero-order valence-corrected chi connectivity index (χ0v) is 15.8. The van der Waals surface area contributed by atoms with Crippen LogP contribution < -0.4 is 16.4 Å². The van der Waals surface area contributed by atoms with Gasteiger partial charge in [-0.15, -0.1) is 5.10 Å². The van der Waals surface area contributed by atoms with Crippen LogP contribution in [0.4, 0.5) is 5.69 Å². The molecule has 0 aliphatic carbocycles. The van der Waals surface area contributed by atoms with Gasteiger partial charge in [0.2, 0.25) is 0 Å². The second-order valence-electron chi connectivity index (χ2n) is 6.38. The summed E-state index contributed by atoms with van der Waals surface area (Å²) in [7, 11) is 1.63. The molecule has 0 fully saturated rings. The van der Waals surface area contributed by atoms with Crippen molar-refractivity contribution < 1.29 is 0 Å². The lowest BCUT2D eigenvalue weighted by molar-refractivity contribution is 0.708. The minimum Gasteiger partial charge on any atom is -0.374 e. The van der Waals surface area contributed by atoms with Gasteiger partial charge in [-0.2, -0.15) is 4.68 Å². The molecule has 0 radical (unpaired) electrons. The maximum Gasteiger partial charge on any atom is 0.275 e. The van der Waals surface area contributed by atoms with Crippen molar-refractivity contribution in [1.82, 2.24) is 29.8 Å². The Morgan fingerprint density at radius 1 is 1.18 bits per heavy atom. The molecular formula is C18H16ClN7O2. The van der Waals surface area contributed by atoms with Crippen LogP contribution in [0, 0.1) is 0 Å². The van der Waals surface area contributed by atoms with Gasteiger partial charge in [-0.3, -0.25) is 14.2 Å². The SMILES string of the molecule is C[C@H](Nc1ccc(-n2cnnn2)n(C)c1=O)c1cc2cc(Cl)ccc2[nH]c1=O. The molecular weight excluding hydrogens is 382 g/mol. The van der Waals surface area contributed by atoms with E-state index in [4.69, 9.17) is 11.6 Å². The molecule has 2 N–H and O–H groups in total. The molecule has 1 aromatic carbocycles. The molecule has 0 amide bonds. The minimum atomic E-state index is -0.404. The molecule has 0 saturated carbocycles. The molecule has 0 unspecified atom stereocenters. The van der Waals surface area contributed by atoms with Crippen LogP contribution in [0.15, 0.2) is 52.3 Å². The summed E-state index contributed by atoms with van der Waals surface area (Å²) in [5.41, 5.74) is 1.07. The molecule has 3 aromatic heterocycles. The molecule has 0 aliphatic rings. The van der Waals surface area contributed by atoms with Crippen molar-refractivity contribution in [2.24, 2.45) is 7.05 Å². The first kappa shape index (κ1) is 17.9. The molecule has 4 aromatic rings. The topological polar surface area (TPSA) is 110 Å². The summed E-state index contributed by atoms with van der Waals surface area (Å²) in [6, 6.07) is 9.99. The number of hydrogen-bond acceptors (Lipinski definition) is 6. The Bertz CT molecular complexity index is 1280. The second kappa shape index (κ2) is 6.93. The quantitative estimate of drug-likeness (QED) is 0.545. The van der Waals surface area contributed by atoms with E-state index in [9.17, 15) is 9.59 Å². The summed E-state index contributed by atoms with van der Waals surface area (Å²) in [5, 5.41) is 15.5. The standard InChI is InChI=1S/C18H16ClN7O2/c1-10(13-8-11-7-12(19)3-4-14(11)22-17(13)27)21-15-5-6-16(25(2)18(15)28)26-9-20-23-24-26/h3-10,21H,1-2H3,(H,22,27)/t10-/m0/s1. The van der Waals surface area contributed by atoms with E-state index in [1.54, 1.807) is 43.4 Å². The largest absolute Gasteiger partial charge is 0.374 e. The van der Waals surface area contributed by atoms with Gasteiger partial charge in [-0.05, 0) is 53.7 Å². The zero-order chi connectivity index (χ0) is 19.8. The van der Waals surface area contributed by atoms with Crippen LogP contribution in [0.5, 0.6) is 0 Å². The lowest BCUT2D eigenvalue weighted by atomic mass is 10.1. The van der Waals surface area contributed by atoms with Gasteiger partial charge < -0.3 is 10.3 Å². The van der Waals surface area contributed by atoms with Crippen LogP contribution in [0.25, 0.3) is 16.7 Å². The molecule has 0 saturated heterocycles. The second-order valence-corrected chi connectivity index (χ2v) is 6.81. The Kier molecular flexibility index (Phi) is 4.44. The summed E-state index contributed by atoms with van der Waals surface area (Å²) in [6.07, 6.45) is 1.41. The van der Waals surface area contributed by atoms with Gasteiger partial charge in [-0.1, -0.05) is 11.6 Å². The van der Waals surface area contributed by atoms with Gasteiger partial charge in [0.05, 0.1) is 6.04 Å². The molecule has 28 heavy (non-hydrogen) atoms. The zero-order valence-electron chi connectivity index (χ0n) is 15.0. The molecule has 10 heteroatoms. The molecule has 9 nitrogen and oxygen atoms in total. The predicted molar refractivity (Wildman–Crippen MR) is 106 cm³/mol. The maximum atomic E-state index is 12.7. The molecule has 3 heterocycles. The average Bonchev–Trinajstić information content (AvgIpc) is 3.19. The van der Waals surface area contributed by atoms with Crippen molar-refractivity contribution >= 4 is 28.2 Å². The van der Waals surface area contributed by atoms with Crippen molar-refractivity contribution in [3.63, 3.8) is 0 Å². The number of nitrogens with zero attached hydrogens (tertiary/aromatic N) is 5. The Labute approximate surface area is 163 Å². The van der Waals surface area contributed by atoms with Gasteiger partial charge >= 0.3 is 0 Å². The summed E-state index contributed by atoms with van der Waals surface area (Å²) in [5.74, 6) is 0.520. The first-order chi connectivity index (χ1) is 13.4. The smallest absolute Gasteiger partial charge is 0.275 e. The van der Waals surface area contributed by atoms with E-state index < -0.39 is 6.04 Å². The van der Waals surface area contributed by atoms with Crippen molar-refractivity contribution in [2.45, 2.75) is 13.0 Å². The number of tetrazole rings is 1. The van der Waals surface area contributed by atoms with E-state index in [0.29, 0.717) is 27.6 Å². The van der Waals surface area contributed by atoms with Crippen LogP contribution in [-0.2, 0) is 7.05 Å². The van der Waals surface area contributed by atoms with Gasteiger partial charge in [0.25, 0.3) is 11.1 Å². The van der Waals surface area contributed by atoms with E-state index in [1.807, 2.05) is 6.92 Å². The molecule has 0 spiro atoms. The fourth-order valence-electron chi connectivity index (χ4n) is 3.06. The van der Waals surface area contributed by atoms with E-state index in [-0.39, 0.29) is 11.1 Å². The fourth-order valence-corrected chi connectivity index (χ4v) is 3.24. The molecule has 142 valence electrons. The maximum absolute atomic E-state index is 12.7. The number of hydrogen-bond donors (Lipinski definition) is 2. The number of rotatable bonds is 4. The number of pyridine rings is 2. The van der Waals surface area contributed by atoms with E-state index in [0.717, 1.165) is 5.39 Å². The van der Waals surface area contributed by atoms with Crippen molar-refractivity contribution in [1.29, 1.82) is 0 Å². The normalized spacial score (nSPS) is 12.2. The van der Waals surface area contributed by atoms with Crippen LogP contribution in [0.1, 0.15) is 18.5 Å². The molecule has 0 bridgehead atoms. The Morgan fingerprint density at radius 2 is 2.00 bits per heavy atom. The van der Waals surface area contributed by atoms with Crippen LogP contribution in [0.3, 0.4) is 0 Å². The summed E-state index contributed by atoms with van der Waals surface area (Å²) in [4.78, 5) is 28.0. The third-order valence-corrected chi connectivity index (χ3v) is 4.77. The summed E-state index contributed by atoms with van der Waals surface area (Å²) >= 11 is 6.05. The van der Waals surface area contributed by atoms with Crippen molar-refractivity contribution in [3.8, 4) is 5.82 Å². The van der Waals surface area contributed by atoms with Gasteiger partial charge in [0.1, 0.15) is 17.8 Å². The fraction of sp³-hybridized carbons (Fsp3) is 0.167. The van der Waals surface area contributed by atoms with Gasteiger partial charge in [0, 0.05) is 28.5 Å². The van der Waals surface area contributed by atoms with E-state index in [2.05, 4.69) is 25.8 Å². The third kappa shape index (κ3) is 3.16. The van der Waals surface area contributed by atoms with Crippen LogP contribution >= 0.6 is 11.6 Å². The lowest BCUT2D eigenvalue weighted by Crippen LogP contribution is -2.27. The number of nitrogens with one attached hydrogen (secondary N) is 2. The predicted octanol–water partition coefficient (Wildman–Crippen LogP) is 2.03. The van der Waals surface area contributed by atoms with Crippen molar-refractivity contribution in [3.05, 3.63) is 74.0 Å². The van der Waals surface area contributed by atoms with Gasteiger partial charge in [0.15, 0.2) is 0 Å². The Hall–Kier alpha value is -3.46.